The van der Waals surface area contributed by atoms with Crippen LogP contribution in [0.1, 0.15) is 29.3 Å². The van der Waals surface area contributed by atoms with Crippen LogP contribution in [0.4, 0.5) is 5.82 Å². The number of hydrogen-bond acceptors (Lipinski definition) is 6. The molecule has 3 N–H and O–H groups in total. The lowest BCUT2D eigenvalue weighted by Crippen LogP contribution is -2.54. The van der Waals surface area contributed by atoms with Crippen LogP contribution in [-0.2, 0) is 17.6 Å². The molecule has 0 radical (unpaired) electrons. The zero-order chi connectivity index (χ0) is 19.7. The third kappa shape index (κ3) is 3.83. The quantitative estimate of drug-likeness (QED) is 0.802. The van der Waals surface area contributed by atoms with Gasteiger partial charge in [0.15, 0.2) is 0 Å². The highest BCUT2D eigenvalue weighted by molar-refractivity contribution is 6.30. The van der Waals surface area contributed by atoms with E-state index in [-0.39, 0.29) is 5.91 Å². The lowest BCUT2D eigenvalue weighted by Gasteiger charge is -2.37. The maximum Gasteiger partial charge on any atom is 0.239 e. The summed E-state index contributed by atoms with van der Waals surface area (Å²) in [6.07, 6.45) is 3.00. The van der Waals surface area contributed by atoms with E-state index >= 15 is 0 Å². The van der Waals surface area contributed by atoms with Crippen molar-refractivity contribution in [1.29, 1.82) is 0 Å². The number of piperazine rings is 1. The molecule has 0 spiro atoms. The number of fused-ring (bicyclic) bond motifs is 1. The number of nitrogens with zero attached hydrogens (tertiary/aromatic N) is 4. The lowest BCUT2D eigenvalue weighted by molar-refractivity contribution is -0.132. The SMILES string of the molecule is N[C@H](Cc1ccc(Cl)cc1)C(=O)N1CCN(c2ncnc3c2CCC3O)CC1. The number of rotatable bonds is 4. The first kappa shape index (κ1) is 19.1. The molecule has 1 amide bonds. The van der Waals surface area contributed by atoms with Crippen LogP contribution >= 0.6 is 11.6 Å². The number of anilines is 1. The van der Waals surface area contributed by atoms with Crippen molar-refractivity contribution in [3.8, 4) is 0 Å². The van der Waals surface area contributed by atoms with E-state index in [1.807, 2.05) is 29.2 Å². The molecule has 0 saturated carbocycles. The van der Waals surface area contributed by atoms with E-state index in [1.165, 1.54) is 6.33 Å². The molecular formula is C20H24ClN5O2. The number of aromatic nitrogens is 2. The molecule has 1 aliphatic heterocycles. The molecule has 1 saturated heterocycles. The Morgan fingerprint density at radius 1 is 1.21 bits per heavy atom. The topological polar surface area (TPSA) is 95.6 Å². The van der Waals surface area contributed by atoms with Gasteiger partial charge in [0.05, 0.1) is 17.8 Å². The number of nitrogens with two attached hydrogens (primary N) is 1. The summed E-state index contributed by atoms with van der Waals surface area (Å²) in [5.41, 5.74) is 8.95. The Labute approximate surface area is 169 Å². The molecule has 7 nitrogen and oxygen atoms in total. The number of halogens is 1. The number of hydrogen-bond donors (Lipinski definition) is 2. The summed E-state index contributed by atoms with van der Waals surface area (Å²) in [5.74, 6) is 0.858. The second kappa shape index (κ2) is 8.03. The molecule has 148 valence electrons. The predicted molar refractivity (Wildman–Crippen MR) is 107 cm³/mol. The molecule has 8 heteroatoms. The van der Waals surface area contributed by atoms with Gasteiger partial charge in [0.1, 0.15) is 12.1 Å². The van der Waals surface area contributed by atoms with E-state index < -0.39 is 12.1 Å². The number of aliphatic hydroxyl groups is 1. The van der Waals surface area contributed by atoms with Crippen LogP contribution in [0.5, 0.6) is 0 Å². The van der Waals surface area contributed by atoms with Crippen molar-refractivity contribution in [2.24, 2.45) is 5.73 Å². The van der Waals surface area contributed by atoms with Crippen LogP contribution in [0.2, 0.25) is 5.02 Å². The number of benzene rings is 1. The average Bonchev–Trinajstić information content (AvgIpc) is 3.10. The number of amides is 1. The van der Waals surface area contributed by atoms with Gasteiger partial charge in [-0.05, 0) is 37.0 Å². The Hall–Kier alpha value is -2.22. The third-order valence-electron chi connectivity index (χ3n) is 5.52. The van der Waals surface area contributed by atoms with Crippen LogP contribution in [0.3, 0.4) is 0 Å². The predicted octanol–water partition coefficient (Wildman–Crippen LogP) is 1.33. The molecular weight excluding hydrogens is 378 g/mol. The van der Waals surface area contributed by atoms with Gasteiger partial charge in [-0.1, -0.05) is 23.7 Å². The summed E-state index contributed by atoms with van der Waals surface area (Å²) < 4.78 is 0. The minimum absolute atomic E-state index is 0.0297. The molecule has 28 heavy (non-hydrogen) atoms. The van der Waals surface area contributed by atoms with Crippen molar-refractivity contribution < 1.29 is 9.90 Å². The Balaban J connectivity index is 1.36. The molecule has 2 aliphatic rings. The van der Waals surface area contributed by atoms with E-state index in [4.69, 9.17) is 17.3 Å². The van der Waals surface area contributed by atoms with Crippen molar-refractivity contribution >= 4 is 23.3 Å². The number of aliphatic hydroxyl groups excluding tert-OH is 1. The minimum atomic E-state index is -0.564. The van der Waals surface area contributed by atoms with Gasteiger partial charge < -0.3 is 20.6 Å². The standard InChI is InChI=1S/C20H24ClN5O2/c21-14-3-1-13(2-4-14)11-16(22)20(28)26-9-7-25(8-10-26)19-15-5-6-17(27)18(15)23-12-24-19/h1-4,12,16-17,27H,5-11,22H2/t16-,17?/m1/s1. The molecule has 1 unspecified atom stereocenters. The molecule has 1 aromatic carbocycles. The van der Waals surface area contributed by atoms with Gasteiger partial charge in [0.25, 0.3) is 0 Å². The summed E-state index contributed by atoms with van der Waals surface area (Å²) >= 11 is 5.91. The Bertz CT molecular complexity index is 852. The fourth-order valence-electron chi connectivity index (χ4n) is 3.97. The first-order chi connectivity index (χ1) is 13.5. The van der Waals surface area contributed by atoms with E-state index in [0.29, 0.717) is 44.0 Å². The normalized spacial score (nSPS) is 20.2. The van der Waals surface area contributed by atoms with Crippen LogP contribution in [0.15, 0.2) is 30.6 Å². The molecule has 1 aromatic heterocycles. The fraction of sp³-hybridized carbons (Fsp3) is 0.450. The molecule has 2 heterocycles. The Morgan fingerprint density at radius 3 is 2.64 bits per heavy atom. The first-order valence-electron chi connectivity index (χ1n) is 9.58. The maximum atomic E-state index is 12.7. The molecule has 0 bridgehead atoms. The summed E-state index contributed by atoms with van der Waals surface area (Å²) in [4.78, 5) is 25.4. The monoisotopic (exact) mass is 401 g/mol. The van der Waals surface area contributed by atoms with Gasteiger partial charge in [0.2, 0.25) is 5.91 Å². The van der Waals surface area contributed by atoms with Gasteiger partial charge in [-0.2, -0.15) is 0 Å². The average molecular weight is 402 g/mol. The summed E-state index contributed by atoms with van der Waals surface area (Å²) in [7, 11) is 0. The van der Waals surface area contributed by atoms with E-state index in [0.717, 1.165) is 29.1 Å². The van der Waals surface area contributed by atoms with Crippen LogP contribution < -0.4 is 10.6 Å². The van der Waals surface area contributed by atoms with Gasteiger partial charge in [-0.25, -0.2) is 9.97 Å². The molecule has 2 aromatic rings. The summed E-state index contributed by atoms with van der Waals surface area (Å²) in [6, 6.07) is 6.86. The van der Waals surface area contributed by atoms with E-state index in [9.17, 15) is 9.90 Å². The second-order valence-corrected chi connectivity index (χ2v) is 7.80. The highest BCUT2D eigenvalue weighted by Crippen LogP contribution is 2.34. The highest BCUT2D eigenvalue weighted by atomic mass is 35.5. The molecule has 4 rings (SSSR count). The van der Waals surface area contributed by atoms with Crippen LogP contribution in [0, 0.1) is 0 Å². The van der Waals surface area contributed by atoms with Crippen molar-refractivity contribution in [3.63, 3.8) is 0 Å². The number of carbonyl (C=O) groups is 1. The maximum absolute atomic E-state index is 12.7. The van der Waals surface area contributed by atoms with Crippen molar-refractivity contribution in [3.05, 3.63) is 52.4 Å². The minimum Gasteiger partial charge on any atom is -0.387 e. The van der Waals surface area contributed by atoms with Gasteiger partial charge in [0, 0.05) is 36.8 Å². The largest absolute Gasteiger partial charge is 0.387 e. The fourth-order valence-corrected chi connectivity index (χ4v) is 4.09. The van der Waals surface area contributed by atoms with Crippen LogP contribution in [0.25, 0.3) is 0 Å². The molecule has 2 atom stereocenters. The molecule has 1 aliphatic carbocycles. The van der Waals surface area contributed by atoms with Gasteiger partial charge in [-0.15, -0.1) is 0 Å². The van der Waals surface area contributed by atoms with Gasteiger partial charge in [-0.3, -0.25) is 4.79 Å². The van der Waals surface area contributed by atoms with Gasteiger partial charge >= 0.3 is 0 Å². The summed E-state index contributed by atoms with van der Waals surface area (Å²) in [6.45, 7) is 2.60. The van der Waals surface area contributed by atoms with E-state index in [2.05, 4.69) is 14.9 Å². The van der Waals surface area contributed by atoms with Crippen molar-refractivity contribution in [2.75, 3.05) is 31.1 Å². The zero-order valence-corrected chi connectivity index (χ0v) is 16.3. The summed E-state index contributed by atoms with van der Waals surface area (Å²) in [5, 5.41) is 10.7. The lowest BCUT2D eigenvalue weighted by atomic mass is 10.1. The third-order valence-corrected chi connectivity index (χ3v) is 5.77. The van der Waals surface area contributed by atoms with E-state index in [1.54, 1.807) is 0 Å². The Morgan fingerprint density at radius 2 is 1.93 bits per heavy atom. The highest BCUT2D eigenvalue weighted by Gasteiger charge is 2.30. The van der Waals surface area contributed by atoms with Crippen molar-refractivity contribution in [2.45, 2.75) is 31.4 Å². The zero-order valence-electron chi connectivity index (χ0n) is 15.6. The van der Waals surface area contributed by atoms with Crippen molar-refractivity contribution in [1.82, 2.24) is 14.9 Å². The second-order valence-electron chi connectivity index (χ2n) is 7.36. The first-order valence-corrected chi connectivity index (χ1v) is 9.96. The number of carbonyl (C=O) groups excluding carboxylic acids is 1. The Kier molecular flexibility index (Phi) is 5.48. The van der Waals surface area contributed by atoms with Crippen LogP contribution in [-0.4, -0.2) is 58.1 Å². The smallest absolute Gasteiger partial charge is 0.239 e. The molecule has 1 fully saturated rings.